The third-order valence-electron chi connectivity index (χ3n) is 2.91. The Labute approximate surface area is 143 Å². The lowest BCUT2D eigenvalue weighted by Crippen LogP contribution is -2.34. The highest BCUT2D eigenvalue weighted by Crippen LogP contribution is 2.32. The molecule has 4 nitrogen and oxygen atoms in total. The molecule has 0 unspecified atom stereocenters. The first kappa shape index (κ1) is 17.6. The van der Waals surface area contributed by atoms with Crippen molar-refractivity contribution in [1.82, 2.24) is 4.90 Å². The highest BCUT2D eigenvalue weighted by atomic mass is 32.2. The molecule has 2 rings (SSSR count). The minimum Gasteiger partial charge on any atom is -0.464 e. The van der Waals surface area contributed by atoms with Crippen molar-refractivity contribution in [2.45, 2.75) is 13.8 Å². The minimum atomic E-state index is -0.488. The molecule has 1 heterocycles. The molecular weight excluding hydrogens is 337 g/mol. The Morgan fingerprint density at radius 3 is 2.65 bits per heavy atom. The molecular formula is C16H16FNO3S2. The number of hydrogen-bond acceptors (Lipinski definition) is 5. The van der Waals surface area contributed by atoms with Crippen LogP contribution in [0.15, 0.2) is 29.2 Å². The van der Waals surface area contributed by atoms with Crippen LogP contribution in [-0.2, 0) is 14.3 Å². The number of thioether (sulfide) groups is 1. The van der Waals surface area contributed by atoms with E-state index in [-0.39, 0.29) is 24.2 Å². The molecule has 0 aromatic heterocycles. The molecule has 1 aliphatic heterocycles. The molecule has 1 aliphatic rings. The lowest BCUT2D eigenvalue weighted by molar-refractivity contribution is -0.147. The van der Waals surface area contributed by atoms with Crippen LogP contribution < -0.4 is 0 Å². The van der Waals surface area contributed by atoms with Gasteiger partial charge in [-0.25, -0.2) is 4.39 Å². The molecule has 23 heavy (non-hydrogen) atoms. The molecule has 0 aliphatic carbocycles. The van der Waals surface area contributed by atoms with E-state index >= 15 is 0 Å². The standard InChI is InChI=1S/C16H16FNO3S2/c1-10(2)9-21-14(19)8-18-15(20)13(23-16(18)22)7-11-3-5-12(17)6-4-11/h3-7,10H,8-9H2,1-2H3/b13-7-. The van der Waals surface area contributed by atoms with Gasteiger partial charge in [0.05, 0.1) is 11.5 Å². The number of halogens is 1. The second-order valence-electron chi connectivity index (χ2n) is 5.40. The summed E-state index contributed by atoms with van der Waals surface area (Å²) in [6.45, 7) is 3.97. The zero-order valence-corrected chi connectivity index (χ0v) is 14.4. The van der Waals surface area contributed by atoms with Crippen LogP contribution in [0.25, 0.3) is 6.08 Å². The van der Waals surface area contributed by atoms with E-state index in [4.69, 9.17) is 17.0 Å². The molecule has 1 amide bonds. The molecule has 122 valence electrons. The van der Waals surface area contributed by atoms with Gasteiger partial charge in [0.25, 0.3) is 5.91 Å². The monoisotopic (exact) mass is 353 g/mol. The Morgan fingerprint density at radius 2 is 2.04 bits per heavy atom. The van der Waals surface area contributed by atoms with E-state index in [0.717, 1.165) is 11.8 Å². The largest absolute Gasteiger partial charge is 0.464 e. The van der Waals surface area contributed by atoms with Crippen molar-refractivity contribution in [1.29, 1.82) is 0 Å². The van der Waals surface area contributed by atoms with Crippen molar-refractivity contribution < 1.29 is 18.7 Å². The van der Waals surface area contributed by atoms with Gasteiger partial charge in [-0.2, -0.15) is 0 Å². The summed E-state index contributed by atoms with van der Waals surface area (Å²) < 4.78 is 18.3. The van der Waals surface area contributed by atoms with Crippen LogP contribution in [0.2, 0.25) is 0 Å². The van der Waals surface area contributed by atoms with Gasteiger partial charge in [-0.15, -0.1) is 0 Å². The van der Waals surface area contributed by atoms with E-state index in [2.05, 4.69) is 0 Å². The van der Waals surface area contributed by atoms with Crippen LogP contribution in [0.4, 0.5) is 4.39 Å². The lowest BCUT2D eigenvalue weighted by atomic mass is 10.2. The first-order valence-corrected chi connectivity index (χ1v) is 8.26. The fourth-order valence-electron chi connectivity index (χ4n) is 1.78. The average molecular weight is 353 g/mol. The predicted octanol–water partition coefficient (Wildman–Crippen LogP) is 3.23. The van der Waals surface area contributed by atoms with E-state index in [0.29, 0.717) is 21.4 Å². The molecule has 1 saturated heterocycles. The first-order chi connectivity index (χ1) is 10.9. The van der Waals surface area contributed by atoms with Gasteiger partial charge in [0, 0.05) is 0 Å². The number of carbonyl (C=O) groups excluding carboxylic acids is 2. The van der Waals surface area contributed by atoms with Gasteiger partial charge >= 0.3 is 5.97 Å². The lowest BCUT2D eigenvalue weighted by Gasteiger charge is -2.14. The Kier molecular flexibility index (Phi) is 5.90. The van der Waals surface area contributed by atoms with E-state index in [1.54, 1.807) is 18.2 Å². The van der Waals surface area contributed by atoms with Crippen molar-refractivity contribution in [2.75, 3.05) is 13.2 Å². The molecule has 0 saturated carbocycles. The third-order valence-corrected chi connectivity index (χ3v) is 4.28. The molecule has 7 heteroatoms. The number of nitrogens with zero attached hydrogens (tertiary/aromatic N) is 1. The van der Waals surface area contributed by atoms with Gasteiger partial charge in [0.1, 0.15) is 16.7 Å². The van der Waals surface area contributed by atoms with Crippen molar-refractivity contribution in [3.05, 3.63) is 40.6 Å². The third kappa shape index (κ3) is 4.87. The molecule has 1 fully saturated rings. The van der Waals surface area contributed by atoms with Gasteiger partial charge in [0.2, 0.25) is 0 Å². The Hall–Kier alpha value is -1.73. The summed E-state index contributed by atoms with van der Waals surface area (Å²) in [5.74, 6) is -0.949. The fourth-order valence-corrected chi connectivity index (χ4v) is 3.04. The number of thiocarbonyl (C=S) groups is 1. The molecule has 0 bridgehead atoms. The van der Waals surface area contributed by atoms with Crippen LogP contribution in [0.5, 0.6) is 0 Å². The summed E-state index contributed by atoms with van der Waals surface area (Å²) in [5.41, 5.74) is 0.689. The van der Waals surface area contributed by atoms with Gasteiger partial charge in [-0.1, -0.05) is 50.0 Å². The molecule has 0 spiro atoms. The number of hydrogen-bond donors (Lipinski definition) is 0. The van der Waals surface area contributed by atoms with E-state index in [1.807, 2.05) is 13.8 Å². The van der Waals surface area contributed by atoms with Crippen LogP contribution in [0.1, 0.15) is 19.4 Å². The number of esters is 1. The predicted molar refractivity (Wildman–Crippen MR) is 92.1 cm³/mol. The van der Waals surface area contributed by atoms with Crippen molar-refractivity contribution in [3.63, 3.8) is 0 Å². The van der Waals surface area contributed by atoms with Crippen molar-refractivity contribution >= 4 is 46.3 Å². The highest BCUT2D eigenvalue weighted by molar-refractivity contribution is 8.26. The van der Waals surface area contributed by atoms with E-state index in [9.17, 15) is 14.0 Å². The Bertz CT molecular complexity index is 656. The Balaban J connectivity index is 2.04. The van der Waals surface area contributed by atoms with Crippen LogP contribution in [0, 0.1) is 11.7 Å². The number of ether oxygens (including phenoxy) is 1. The van der Waals surface area contributed by atoms with Crippen LogP contribution in [0.3, 0.4) is 0 Å². The van der Waals surface area contributed by atoms with Gasteiger partial charge < -0.3 is 4.74 Å². The normalized spacial score (nSPS) is 16.5. The second-order valence-corrected chi connectivity index (χ2v) is 7.07. The average Bonchev–Trinajstić information content (AvgIpc) is 2.75. The smallest absolute Gasteiger partial charge is 0.326 e. The molecule has 0 N–H and O–H groups in total. The topological polar surface area (TPSA) is 46.6 Å². The van der Waals surface area contributed by atoms with Crippen molar-refractivity contribution in [2.24, 2.45) is 5.92 Å². The van der Waals surface area contributed by atoms with E-state index < -0.39 is 5.97 Å². The van der Waals surface area contributed by atoms with Gasteiger partial charge in [-0.3, -0.25) is 14.5 Å². The highest BCUT2D eigenvalue weighted by Gasteiger charge is 2.33. The molecule has 1 aromatic rings. The maximum Gasteiger partial charge on any atom is 0.326 e. The number of amides is 1. The summed E-state index contributed by atoms with van der Waals surface area (Å²) in [6, 6.07) is 5.77. The summed E-state index contributed by atoms with van der Waals surface area (Å²) in [6.07, 6.45) is 1.62. The molecule has 0 radical (unpaired) electrons. The van der Waals surface area contributed by atoms with Crippen LogP contribution >= 0.6 is 24.0 Å². The van der Waals surface area contributed by atoms with Crippen LogP contribution in [-0.4, -0.2) is 34.2 Å². The number of rotatable bonds is 5. The number of carbonyl (C=O) groups is 2. The van der Waals surface area contributed by atoms with E-state index in [1.165, 1.54) is 17.0 Å². The summed E-state index contributed by atoms with van der Waals surface area (Å²) in [4.78, 5) is 25.7. The summed E-state index contributed by atoms with van der Waals surface area (Å²) in [5, 5.41) is 0. The SMILES string of the molecule is CC(C)COC(=O)CN1C(=O)/C(=C/c2ccc(F)cc2)SC1=S. The maximum atomic E-state index is 12.9. The zero-order chi connectivity index (χ0) is 17.0. The Morgan fingerprint density at radius 1 is 1.39 bits per heavy atom. The zero-order valence-electron chi connectivity index (χ0n) is 12.7. The first-order valence-electron chi connectivity index (χ1n) is 7.03. The minimum absolute atomic E-state index is 0.196. The van der Waals surface area contributed by atoms with Gasteiger partial charge in [0.15, 0.2) is 0 Å². The number of benzene rings is 1. The quantitative estimate of drug-likeness (QED) is 0.462. The molecule has 1 aromatic carbocycles. The summed E-state index contributed by atoms with van der Waals surface area (Å²) in [7, 11) is 0. The fraction of sp³-hybridized carbons (Fsp3) is 0.312. The maximum absolute atomic E-state index is 12.9. The van der Waals surface area contributed by atoms with Crippen molar-refractivity contribution in [3.8, 4) is 0 Å². The second kappa shape index (κ2) is 7.70. The summed E-state index contributed by atoms with van der Waals surface area (Å²) >= 11 is 6.26. The van der Waals surface area contributed by atoms with Gasteiger partial charge in [-0.05, 0) is 29.7 Å². The molecule has 0 atom stereocenters.